The largest absolute Gasteiger partial charge is 0.428 e. The zero-order chi connectivity index (χ0) is 16.5. The van der Waals surface area contributed by atoms with Crippen molar-refractivity contribution in [1.29, 1.82) is 0 Å². The lowest BCUT2D eigenvalue weighted by Gasteiger charge is -2.01. The molecule has 118 valence electrons. The molecular formula is C18H10I2N2O2. The van der Waals surface area contributed by atoms with Gasteiger partial charge in [-0.1, -0.05) is 60.7 Å². The molecule has 0 atom stereocenters. The van der Waals surface area contributed by atoms with E-state index in [1.54, 1.807) is 0 Å². The van der Waals surface area contributed by atoms with Crippen LogP contribution in [0.1, 0.15) is 0 Å². The molecule has 4 nitrogen and oxygen atoms in total. The summed E-state index contributed by atoms with van der Waals surface area (Å²) in [7, 11) is 0. The highest BCUT2D eigenvalue weighted by Crippen LogP contribution is 2.39. The summed E-state index contributed by atoms with van der Waals surface area (Å²) in [5, 5.41) is 0. The van der Waals surface area contributed by atoms with Crippen LogP contribution in [0, 0.1) is 7.79 Å². The van der Waals surface area contributed by atoms with E-state index in [1.165, 1.54) is 0 Å². The molecule has 0 fully saturated rings. The average Bonchev–Trinajstić information content (AvgIpc) is 3.19. The predicted octanol–water partition coefficient (Wildman–Crippen LogP) is 5.87. The Morgan fingerprint density at radius 2 is 0.958 bits per heavy atom. The normalized spacial score (nSPS) is 10.9. The Kier molecular flexibility index (Phi) is 4.40. The van der Waals surface area contributed by atoms with Crippen LogP contribution >= 0.6 is 45.2 Å². The molecule has 24 heavy (non-hydrogen) atoms. The van der Waals surface area contributed by atoms with E-state index in [0.717, 1.165) is 22.5 Å². The molecule has 2 aromatic carbocycles. The maximum atomic E-state index is 5.87. The van der Waals surface area contributed by atoms with Crippen molar-refractivity contribution >= 4 is 45.2 Å². The third-order valence-electron chi connectivity index (χ3n) is 3.50. The van der Waals surface area contributed by atoms with Gasteiger partial charge < -0.3 is 8.83 Å². The fraction of sp³-hybridized carbons (Fsp3) is 0. The van der Waals surface area contributed by atoms with Crippen molar-refractivity contribution in [1.82, 2.24) is 9.97 Å². The monoisotopic (exact) mass is 540 g/mol. The predicted molar refractivity (Wildman–Crippen MR) is 108 cm³/mol. The summed E-state index contributed by atoms with van der Waals surface area (Å²) in [5.74, 6) is 1.19. The highest BCUT2D eigenvalue weighted by Gasteiger charge is 2.24. The van der Waals surface area contributed by atoms with Crippen LogP contribution in [0.4, 0.5) is 0 Å². The van der Waals surface area contributed by atoms with Gasteiger partial charge in [-0.3, -0.25) is 0 Å². The second-order valence-electron chi connectivity index (χ2n) is 5.02. The van der Waals surface area contributed by atoms with E-state index in [4.69, 9.17) is 8.83 Å². The SMILES string of the molecule is Ic1nc(-c2ccccc2)c(-c2oc(I)nc2-c2ccccc2)o1. The van der Waals surface area contributed by atoms with E-state index in [2.05, 4.69) is 55.1 Å². The third kappa shape index (κ3) is 3.00. The van der Waals surface area contributed by atoms with Gasteiger partial charge in [0.05, 0.1) is 0 Å². The van der Waals surface area contributed by atoms with Gasteiger partial charge in [-0.25, -0.2) is 9.97 Å². The van der Waals surface area contributed by atoms with Crippen molar-refractivity contribution in [2.24, 2.45) is 0 Å². The molecule has 0 bridgehead atoms. The van der Waals surface area contributed by atoms with Gasteiger partial charge in [-0.2, -0.15) is 0 Å². The molecule has 0 saturated heterocycles. The lowest BCUT2D eigenvalue weighted by atomic mass is 10.1. The first-order valence-electron chi connectivity index (χ1n) is 7.16. The van der Waals surface area contributed by atoms with Gasteiger partial charge in [0.2, 0.25) is 11.5 Å². The molecule has 0 aliphatic rings. The Hall–Kier alpha value is -1.68. The van der Waals surface area contributed by atoms with Gasteiger partial charge in [-0.15, -0.1) is 0 Å². The minimum Gasteiger partial charge on any atom is -0.428 e. The highest BCUT2D eigenvalue weighted by molar-refractivity contribution is 14.1. The number of hydrogen-bond acceptors (Lipinski definition) is 4. The maximum Gasteiger partial charge on any atom is 0.258 e. The molecule has 2 aromatic heterocycles. The van der Waals surface area contributed by atoms with Crippen molar-refractivity contribution in [3.63, 3.8) is 0 Å². The second-order valence-corrected chi connectivity index (χ2v) is 6.87. The van der Waals surface area contributed by atoms with E-state index in [1.807, 2.05) is 60.7 Å². The molecule has 0 saturated carbocycles. The van der Waals surface area contributed by atoms with Crippen molar-refractivity contribution in [3.05, 3.63) is 68.5 Å². The molecule has 0 aliphatic heterocycles. The summed E-state index contributed by atoms with van der Waals surface area (Å²) in [4.78, 5) is 9.06. The Balaban J connectivity index is 1.93. The number of oxazole rings is 2. The first-order valence-corrected chi connectivity index (χ1v) is 9.32. The third-order valence-corrected chi connectivity index (χ3v) is 4.43. The Morgan fingerprint density at radius 1 is 0.583 bits per heavy atom. The zero-order valence-electron chi connectivity index (χ0n) is 12.2. The maximum absolute atomic E-state index is 5.87. The highest BCUT2D eigenvalue weighted by atomic mass is 127. The Bertz CT molecular complexity index is 897. The van der Waals surface area contributed by atoms with Crippen LogP contribution in [0.3, 0.4) is 0 Å². The molecule has 0 amide bonds. The molecule has 0 unspecified atom stereocenters. The molecule has 0 radical (unpaired) electrons. The Morgan fingerprint density at radius 3 is 1.33 bits per heavy atom. The summed E-state index contributed by atoms with van der Waals surface area (Å²) in [6.07, 6.45) is 0. The number of hydrogen-bond donors (Lipinski definition) is 0. The molecule has 0 N–H and O–H groups in total. The molecule has 6 heteroatoms. The van der Waals surface area contributed by atoms with Crippen LogP contribution in [-0.2, 0) is 0 Å². The number of aromatic nitrogens is 2. The first-order chi connectivity index (χ1) is 11.7. The van der Waals surface area contributed by atoms with Gasteiger partial charge >= 0.3 is 0 Å². The number of halogens is 2. The van der Waals surface area contributed by atoms with Crippen molar-refractivity contribution in [3.8, 4) is 34.0 Å². The Labute approximate surface area is 165 Å². The van der Waals surface area contributed by atoms with Crippen LogP contribution < -0.4 is 0 Å². The van der Waals surface area contributed by atoms with Crippen LogP contribution in [-0.4, -0.2) is 9.97 Å². The van der Waals surface area contributed by atoms with Crippen LogP contribution in [0.5, 0.6) is 0 Å². The average molecular weight is 540 g/mol. The smallest absolute Gasteiger partial charge is 0.258 e. The number of nitrogens with zero attached hydrogens (tertiary/aromatic N) is 2. The molecule has 4 rings (SSSR count). The lowest BCUT2D eigenvalue weighted by Crippen LogP contribution is -1.84. The standard InChI is InChI=1S/C18H10I2N2O2/c19-17-21-13(11-7-3-1-4-8-11)15(23-17)16-14(22-18(20)24-16)12-9-5-2-6-10-12/h1-10H. The van der Waals surface area contributed by atoms with E-state index in [9.17, 15) is 0 Å². The summed E-state index contributed by atoms with van der Waals surface area (Å²) < 4.78 is 12.9. The van der Waals surface area contributed by atoms with E-state index in [-0.39, 0.29) is 0 Å². The van der Waals surface area contributed by atoms with Crippen LogP contribution in [0.15, 0.2) is 69.5 Å². The van der Waals surface area contributed by atoms with Gasteiger partial charge in [-0.05, 0) is 0 Å². The number of rotatable bonds is 3. The molecule has 0 aliphatic carbocycles. The van der Waals surface area contributed by atoms with Gasteiger partial charge in [0.15, 0.2) is 0 Å². The van der Waals surface area contributed by atoms with Gasteiger partial charge in [0.25, 0.3) is 7.79 Å². The molecule has 2 heterocycles. The molecule has 0 spiro atoms. The lowest BCUT2D eigenvalue weighted by molar-refractivity contribution is 0.488. The topological polar surface area (TPSA) is 52.1 Å². The van der Waals surface area contributed by atoms with Crippen molar-refractivity contribution in [2.75, 3.05) is 0 Å². The molecule has 4 aromatic rings. The minimum absolute atomic E-state index is 0.562. The quantitative estimate of drug-likeness (QED) is 0.305. The van der Waals surface area contributed by atoms with E-state index < -0.39 is 0 Å². The minimum atomic E-state index is 0.562. The van der Waals surface area contributed by atoms with Gasteiger partial charge in [0.1, 0.15) is 11.4 Å². The van der Waals surface area contributed by atoms with Crippen LogP contribution in [0.25, 0.3) is 34.0 Å². The van der Waals surface area contributed by atoms with E-state index in [0.29, 0.717) is 19.3 Å². The zero-order valence-corrected chi connectivity index (χ0v) is 16.6. The summed E-state index contributed by atoms with van der Waals surface area (Å²) in [6, 6.07) is 19.9. The van der Waals surface area contributed by atoms with Crippen LogP contribution in [0.2, 0.25) is 0 Å². The first kappa shape index (κ1) is 15.8. The fourth-order valence-corrected chi connectivity index (χ4v) is 3.40. The number of benzene rings is 2. The fourth-order valence-electron chi connectivity index (χ4n) is 2.48. The van der Waals surface area contributed by atoms with Crippen molar-refractivity contribution < 1.29 is 8.83 Å². The van der Waals surface area contributed by atoms with Crippen molar-refractivity contribution in [2.45, 2.75) is 0 Å². The van der Waals surface area contributed by atoms with E-state index >= 15 is 0 Å². The summed E-state index contributed by atoms with van der Waals surface area (Å²) >= 11 is 4.14. The summed E-state index contributed by atoms with van der Waals surface area (Å²) in [5.41, 5.74) is 3.46. The van der Waals surface area contributed by atoms with Gasteiger partial charge in [0, 0.05) is 56.3 Å². The second kappa shape index (κ2) is 6.67. The summed E-state index contributed by atoms with van der Waals surface area (Å²) in [6.45, 7) is 0. The molecular weight excluding hydrogens is 530 g/mol.